The Morgan fingerprint density at radius 1 is 1.38 bits per heavy atom. The number of nitrogens with zero attached hydrogens (tertiary/aromatic N) is 3. The number of rotatable bonds is 3. The van der Waals surface area contributed by atoms with E-state index in [0.717, 1.165) is 45.6 Å². The smallest absolute Gasteiger partial charge is 0.225 e. The van der Waals surface area contributed by atoms with Crippen LogP contribution in [0.5, 0.6) is 0 Å². The summed E-state index contributed by atoms with van der Waals surface area (Å²) in [4.78, 5) is 16.1. The Labute approximate surface area is 96.8 Å². The van der Waals surface area contributed by atoms with Gasteiger partial charge in [0.1, 0.15) is 0 Å². The molecule has 1 amide bonds. The number of hydrogen-bond donors (Lipinski definition) is 0. The Hall–Kier alpha value is -1.08. The number of piperazine rings is 1. The Morgan fingerprint density at radius 3 is 2.50 bits per heavy atom. The maximum Gasteiger partial charge on any atom is 0.225 e. The summed E-state index contributed by atoms with van der Waals surface area (Å²) < 4.78 is 0. The van der Waals surface area contributed by atoms with E-state index in [1.807, 2.05) is 11.8 Å². The van der Waals surface area contributed by atoms with Gasteiger partial charge in [0, 0.05) is 38.6 Å². The largest absolute Gasteiger partial charge is 0.340 e. The molecule has 0 aromatic rings. The van der Waals surface area contributed by atoms with Crippen LogP contribution in [0.2, 0.25) is 0 Å². The van der Waals surface area contributed by atoms with E-state index in [-0.39, 0.29) is 5.92 Å². The summed E-state index contributed by atoms with van der Waals surface area (Å²) in [5.74, 6) is 0.781. The molecule has 1 atom stereocenters. The van der Waals surface area contributed by atoms with E-state index in [9.17, 15) is 4.79 Å². The lowest BCUT2D eigenvalue weighted by Gasteiger charge is -2.35. The van der Waals surface area contributed by atoms with Crippen LogP contribution in [-0.2, 0) is 4.79 Å². The Morgan fingerprint density at radius 2 is 2.00 bits per heavy atom. The minimum atomic E-state index is 0.0886. The number of carbonyl (C=O) groups is 1. The second-order valence-corrected chi connectivity index (χ2v) is 4.93. The first kappa shape index (κ1) is 11.4. The standard InChI is InChI=1S/C12H19N3O/c1-10(8-13)9-14-4-6-15(7-5-14)12(16)11-2-3-11/h10-11H,2-7,9H2,1H3. The molecule has 88 valence electrons. The molecular weight excluding hydrogens is 202 g/mol. The van der Waals surface area contributed by atoms with Crippen molar-refractivity contribution in [2.45, 2.75) is 19.8 Å². The molecule has 2 rings (SSSR count). The van der Waals surface area contributed by atoms with E-state index < -0.39 is 0 Å². The van der Waals surface area contributed by atoms with E-state index in [1.54, 1.807) is 0 Å². The predicted octanol–water partition coefficient (Wildman–Crippen LogP) is 0.700. The second-order valence-electron chi connectivity index (χ2n) is 4.93. The molecule has 2 fully saturated rings. The molecule has 0 aromatic heterocycles. The molecule has 1 saturated carbocycles. The zero-order valence-corrected chi connectivity index (χ0v) is 9.85. The van der Waals surface area contributed by atoms with Gasteiger partial charge in [0.15, 0.2) is 0 Å². The van der Waals surface area contributed by atoms with E-state index in [4.69, 9.17) is 5.26 Å². The first-order chi connectivity index (χ1) is 7.70. The van der Waals surface area contributed by atoms with Crippen LogP contribution >= 0.6 is 0 Å². The molecule has 0 N–H and O–H groups in total. The van der Waals surface area contributed by atoms with Crippen LogP contribution < -0.4 is 0 Å². The van der Waals surface area contributed by atoms with Crippen LogP contribution in [0, 0.1) is 23.2 Å². The fourth-order valence-corrected chi connectivity index (χ4v) is 2.17. The van der Waals surface area contributed by atoms with Crippen LogP contribution in [0.15, 0.2) is 0 Å². The molecule has 4 nitrogen and oxygen atoms in total. The van der Waals surface area contributed by atoms with Crippen molar-refractivity contribution in [1.29, 1.82) is 5.26 Å². The van der Waals surface area contributed by atoms with Gasteiger partial charge in [-0.3, -0.25) is 9.69 Å². The van der Waals surface area contributed by atoms with Gasteiger partial charge in [0.25, 0.3) is 0 Å². The summed E-state index contributed by atoms with van der Waals surface area (Å²) in [6.07, 6.45) is 2.18. The topological polar surface area (TPSA) is 47.3 Å². The number of amides is 1. The van der Waals surface area contributed by atoms with E-state index in [1.165, 1.54) is 0 Å². The van der Waals surface area contributed by atoms with Gasteiger partial charge in [-0.2, -0.15) is 5.26 Å². The van der Waals surface area contributed by atoms with Crippen molar-refractivity contribution < 1.29 is 4.79 Å². The van der Waals surface area contributed by atoms with Gasteiger partial charge in [-0.05, 0) is 19.8 Å². The number of carbonyl (C=O) groups excluding carboxylic acids is 1. The lowest BCUT2D eigenvalue weighted by molar-refractivity contribution is -0.134. The molecule has 2 aliphatic rings. The molecule has 0 radical (unpaired) electrons. The minimum Gasteiger partial charge on any atom is -0.340 e. The lowest BCUT2D eigenvalue weighted by Crippen LogP contribution is -2.50. The molecular formula is C12H19N3O. The van der Waals surface area contributed by atoms with Crippen molar-refractivity contribution in [1.82, 2.24) is 9.80 Å². The van der Waals surface area contributed by atoms with Crippen molar-refractivity contribution >= 4 is 5.91 Å². The molecule has 1 aliphatic heterocycles. The summed E-state index contributed by atoms with van der Waals surface area (Å²) in [6, 6.07) is 2.25. The van der Waals surface area contributed by atoms with Gasteiger partial charge in [0.05, 0.1) is 12.0 Å². The highest BCUT2D eigenvalue weighted by Crippen LogP contribution is 2.31. The fourth-order valence-electron chi connectivity index (χ4n) is 2.17. The Balaban J connectivity index is 1.74. The summed E-state index contributed by atoms with van der Waals surface area (Å²) in [7, 11) is 0. The van der Waals surface area contributed by atoms with Crippen LogP contribution in [0.4, 0.5) is 0 Å². The van der Waals surface area contributed by atoms with Gasteiger partial charge in [-0.15, -0.1) is 0 Å². The summed E-state index contributed by atoms with van der Waals surface area (Å²) in [6.45, 7) is 6.31. The van der Waals surface area contributed by atoms with Crippen molar-refractivity contribution in [2.75, 3.05) is 32.7 Å². The van der Waals surface area contributed by atoms with E-state index in [0.29, 0.717) is 11.8 Å². The van der Waals surface area contributed by atoms with Crippen molar-refractivity contribution in [3.05, 3.63) is 0 Å². The monoisotopic (exact) mass is 221 g/mol. The van der Waals surface area contributed by atoms with Gasteiger partial charge in [-0.1, -0.05) is 0 Å². The van der Waals surface area contributed by atoms with Crippen molar-refractivity contribution in [3.63, 3.8) is 0 Å². The summed E-state index contributed by atoms with van der Waals surface area (Å²) in [5.41, 5.74) is 0. The maximum atomic E-state index is 11.8. The van der Waals surface area contributed by atoms with E-state index in [2.05, 4.69) is 11.0 Å². The highest BCUT2D eigenvalue weighted by atomic mass is 16.2. The number of nitriles is 1. The molecule has 1 saturated heterocycles. The van der Waals surface area contributed by atoms with Gasteiger partial charge in [0.2, 0.25) is 5.91 Å². The third-order valence-corrected chi connectivity index (χ3v) is 3.36. The molecule has 4 heteroatoms. The third-order valence-electron chi connectivity index (χ3n) is 3.36. The fraction of sp³-hybridized carbons (Fsp3) is 0.833. The molecule has 1 unspecified atom stereocenters. The average Bonchev–Trinajstić information content (AvgIpc) is 3.13. The SMILES string of the molecule is CC(C#N)CN1CCN(C(=O)C2CC2)CC1. The van der Waals surface area contributed by atoms with Gasteiger partial charge >= 0.3 is 0 Å². The molecule has 0 aromatic carbocycles. The average molecular weight is 221 g/mol. The van der Waals surface area contributed by atoms with Crippen molar-refractivity contribution in [2.24, 2.45) is 11.8 Å². The molecule has 1 heterocycles. The van der Waals surface area contributed by atoms with Crippen molar-refractivity contribution in [3.8, 4) is 6.07 Å². The van der Waals surface area contributed by atoms with Crippen LogP contribution in [0.1, 0.15) is 19.8 Å². The normalized spacial score (nSPS) is 23.9. The summed E-state index contributed by atoms with van der Waals surface area (Å²) in [5, 5.41) is 8.75. The van der Waals surface area contributed by atoms with E-state index >= 15 is 0 Å². The van der Waals surface area contributed by atoms with Crippen LogP contribution in [0.3, 0.4) is 0 Å². The third kappa shape index (κ3) is 2.73. The maximum absolute atomic E-state index is 11.8. The molecule has 0 bridgehead atoms. The molecule has 0 spiro atoms. The number of hydrogen-bond acceptors (Lipinski definition) is 3. The van der Waals surface area contributed by atoms with Gasteiger partial charge in [-0.25, -0.2) is 0 Å². The highest BCUT2D eigenvalue weighted by molar-refractivity contribution is 5.81. The zero-order valence-electron chi connectivity index (χ0n) is 9.85. The second kappa shape index (κ2) is 4.84. The minimum absolute atomic E-state index is 0.0886. The first-order valence-electron chi connectivity index (χ1n) is 6.11. The van der Waals surface area contributed by atoms with Crippen LogP contribution in [-0.4, -0.2) is 48.4 Å². The quantitative estimate of drug-likeness (QED) is 0.705. The summed E-state index contributed by atoms with van der Waals surface area (Å²) >= 11 is 0. The first-order valence-corrected chi connectivity index (χ1v) is 6.11. The van der Waals surface area contributed by atoms with Gasteiger partial charge < -0.3 is 4.90 Å². The highest BCUT2D eigenvalue weighted by Gasteiger charge is 2.34. The lowest BCUT2D eigenvalue weighted by atomic mass is 10.2. The Kier molecular flexibility index (Phi) is 3.45. The predicted molar refractivity (Wildman–Crippen MR) is 60.5 cm³/mol. The molecule has 1 aliphatic carbocycles. The molecule has 16 heavy (non-hydrogen) atoms. The zero-order chi connectivity index (χ0) is 11.5. The Bertz CT molecular complexity index is 298. The van der Waals surface area contributed by atoms with Crippen LogP contribution in [0.25, 0.3) is 0 Å².